The Balaban J connectivity index is 1.70. The zero-order valence-electron chi connectivity index (χ0n) is 15.7. The molecule has 2 amide bonds. The van der Waals surface area contributed by atoms with E-state index in [0.717, 1.165) is 11.4 Å². The Bertz CT molecular complexity index is 911. The summed E-state index contributed by atoms with van der Waals surface area (Å²) < 4.78 is 5.40. The topological polar surface area (TPSA) is 102 Å². The van der Waals surface area contributed by atoms with E-state index < -0.39 is 10.8 Å². The maximum absolute atomic E-state index is 12.6. The first kappa shape index (κ1) is 19.3. The van der Waals surface area contributed by atoms with Gasteiger partial charge >= 0.3 is 0 Å². The third-order valence-corrected chi connectivity index (χ3v) is 4.67. The van der Waals surface area contributed by atoms with Gasteiger partial charge in [0.15, 0.2) is 0 Å². The third-order valence-electron chi connectivity index (χ3n) is 4.67. The normalized spacial score (nSPS) is 16.1. The number of rotatable bonds is 6. The van der Waals surface area contributed by atoms with Gasteiger partial charge in [-0.25, -0.2) is 0 Å². The molecule has 8 nitrogen and oxygen atoms in total. The molecule has 1 fully saturated rings. The van der Waals surface area contributed by atoms with Crippen molar-refractivity contribution in [1.82, 2.24) is 5.32 Å². The van der Waals surface area contributed by atoms with Crippen molar-refractivity contribution in [2.24, 2.45) is 0 Å². The first-order valence-electron chi connectivity index (χ1n) is 8.98. The Hall–Kier alpha value is -3.42. The number of nitro benzene ring substituents is 1. The molecule has 8 heteroatoms. The van der Waals surface area contributed by atoms with Crippen molar-refractivity contribution in [1.29, 1.82) is 0 Å². The summed E-state index contributed by atoms with van der Waals surface area (Å²) in [5, 5.41) is 13.9. The number of nitrogens with one attached hydrogen (secondary N) is 1. The molecule has 1 saturated heterocycles. The number of carbonyl (C=O) groups excluding carboxylic acids is 2. The van der Waals surface area contributed by atoms with Crippen molar-refractivity contribution >= 4 is 23.2 Å². The van der Waals surface area contributed by atoms with Crippen LogP contribution < -0.4 is 15.0 Å². The smallest absolute Gasteiger partial charge is 0.273 e. The third kappa shape index (κ3) is 3.95. The van der Waals surface area contributed by atoms with Gasteiger partial charge in [-0.1, -0.05) is 6.07 Å². The second kappa shape index (κ2) is 8.08. The van der Waals surface area contributed by atoms with Crippen molar-refractivity contribution in [3.8, 4) is 5.75 Å². The maximum atomic E-state index is 12.6. The highest BCUT2D eigenvalue weighted by atomic mass is 16.6. The van der Waals surface area contributed by atoms with Gasteiger partial charge in [0.1, 0.15) is 5.75 Å². The van der Waals surface area contributed by atoms with Gasteiger partial charge in [0.05, 0.1) is 17.6 Å². The molecule has 0 radical (unpaired) electrons. The summed E-state index contributed by atoms with van der Waals surface area (Å²) in [6.07, 6.45) is 0.174. The Labute approximate surface area is 162 Å². The quantitative estimate of drug-likeness (QED) is 0.610. The van der Waals surface area contributed by atoms with E-state index in [2.05, 4.69) is 5.32 Å². The molecule has 1 unspecified atom stereocenters. The monoisotopic (exact) mass is 383 g/mol. The summed E-state index contributed by atoms with van der Waals surface area (Å²) in [6, 6.07) is 11.2. The van der Waals surface area contributed by atoms with E-state index in [-0.39, 0.29) is 29.6 Å². The molecule has 28 heavy (non-hydrogen) atoms. The first-order valence-corrected chi connectivity index (χ1v) is 8.98. The van der Waals surface area contributed by atoms with Gasteiger partial charge in [-0.15, -0.1) is 0 Å². The zero-order valence-corrected chi connectivity index (χ0v) is 15.7. The Morgan fingerprint density at radius 2 is 2.00 bits per heavy atom. The van der Waals surface area contributed by atoms with E-state index in [1.807, 2.05) is 6.92 Å². The Kier molecular flexibility index (Phi) is 5.58. The minimum atomic E-state index is -0.515. The summed E-state index contributed by atoms with van der Waals surface area (Å²) in [4.78, 5) is 37.1. The zero-order chi connectivity index (χ0) is 20.3. The summed E-state index contributed by atoms with van der Waals surface area (Å²) in [5.74, 6) is 0.210. The summed E-state index contributed by atoms with van der Waals surface area (Å²) in [6.45, 7) is 4.34. The Morgan fingerprint density at radius 1 is 1.29 bits per heavy atom. The van der Waals surface area contributed by atoms with Crippen LogP contribution in [0.5, 0.6) is 5.75 Å². The number of amides is 2. The van der Waals surface area contributed by atoms with E-state index >= 15 is 0 Å². The molecule has 1 heterocycles. The van der Waals surface area contributed by atoms with Crippen molar-refractivity contribution in [3.05, 3.63) is 63.7 Å². The molecule has 0 saturated carbocycles. The van der Waals surface area contributed by atoms with Crippen LogP contribution in [0.2, 0.25) is 0 Å². The lowest BCUT2D eigenvalue weighted by molar-refractivity contribution is -0.385. The van der Waals surface area contributed by atoms with E-state index in [4.69, 9.17) is 4.74 Å². The standard InChI is InChI=1S/C20H21N3O5/c1-3-28-16-9-7-15(8-10-16)22-12-14(11-19(22)24)21-20(25)17-5-4-6-18(13(17)2)23(26)27/h4-10,14H,3,11-12H2,1-2H3,(H,21,25). The molecule has 1 aliphatic heterocycles. The van der Waals surface area contributed by atoms with Gasteiger partial charge in [-0.05, 0) is 44.2 Å². The van der Waals surface area contributed by atoms with Gasteiger partial charge < -0.3 is 15.0 Å². The lowest BCUT2D eigenvalue weighted by Crippen LogP contribution is -2.37. The van der Waals surface area contributed by atoms with E-state index in [0.29, 0.717) is 18.7 Å². The summed E-state index contributed by atoms with van der Waals surface area (Å²) >= 11 is 0. The van der Waals surface area contributed by atoms with E-state index in [1.165, 1.54) is 12.1 Å². The predicted molar refractivity (Wildman–Crippen MR) is 104 cm³/mol. The molecule has 1 atom stereocenters. The number of anilines is 1. The molecule has 0 spiro atoms. The van der Waals surface area contributed by atoms with Gasteiger partial charge in [0.25, 0.3) is 11.6 Å². The van der Waals surface area contributed by atoms with Crippen LogP contribution in [-0.4, -0.2) is 35.9 Å². The van der Waals surface area contributed by atoms with Crippen LogP contribution >= 0.6 is 0 Å². The number of carbonyl (C=O) groups is 2. The summed E-state index contributed by atoms with van der Waals surface area (Å²) in [5.41, 5.74) is 1.17. The molecule has 0 aromatic heterocycles. The minimum Gasteiger partial charge on any atom is -0.494 e. The van der Waals surface area contributed by atoms with Gasteiger partial charge in [-0.2, -0.15) is 0 Å². The second-order valence-corrected chi connectivity index (χ2v) is 6.51. The largest absolute Gasteiger partial charge is 0.494 e. The SMILES string of the molecule is CCOc1ccc(N2CC(NC(=O)c3cccc([N+](=O)[O-])c3C)CC2=O)cc1. The molecule has 3 rings (SSSR count). The molecule has 0 aliphatic carbocycles. The molecular formula is C20H21N3O5. The van der Waals surface area contributed by atoms with Gasteiger partial charge in [0.2, 0.25) is 5.91 Å². The molecule has 146 valence electrons. The fourth-order valence-electron chi connectivity index (χ4n) is 3.27. The molecule has 0 bridgehead atoms. The highest BCUT2D eigenvalue weighted by molar-refractivity contribution is 6.00. The molecule has 1 N–H and O–H groups in total. The highest BCUT2D eigenvalue weighted by Gasteiger charge is 2.32. The number of nitrogens with zero attached hydrogens (tertiary/aromatic N) is 2. The second-order valence-electron chi connectivity index (χ2n) is 6.51. The average Bonchev–Trinajstić information content (AvgIpc) is 3.02. The van der Waals surface area contributed by atoms with Crippen molar-refractivity contribution in [3.63, 3.8) is 0 Å². The van der Waals surface area contributed by atoms with Crippen molar-refractivity contribution in [2.45, 2.75) is 26.3 Å². The number of benzene rings is 2. The van der Waals surface area contributed by atoms with Crippen LogP contribution in [0.3, 0.4) is 0 Å². The molecular weight excluding hydrogens is 362 g/mol. The van der Waals surface area contributed by atoms with E-state index in [1.54, 1.807) is 42.2 Å². The van der Waals surface area contributed by atoms with E-state index in [9.17, 15) is 19.7 Å². The summed E-state index contributed by atoms with van der Waals surface area (Å²) in [7, 11) is 0. The fraction of sp³-hybridized carbons (Fsp3) is 0.300. The highest BCUT2D eigenvalue weighted by Crippen LogP contribution is 2.25. The molecule has 2 aromatic carbocycles. The Morgan fingerprint density at radius 3 is 2.64 bits per heavy atom. The van der Waals surface area contributed by atoms with Crippen LogP contribution in [0.15, 0.2) is 42.5 Å². The minimum absolute atomic E-state index is 0.0924. The van der Waals surface area contributed by atoms with Gasteiger partial charge in [0, 0.05) is 35.8 Å². The van der Waals surface area contributed by atoms with Gasteiger partial charge in [-0.3, -0.25) is 19.7 Å². The predicted octanol–water partition coefficient (Wildman–Crippen LogP) is 2.84. The number of nitro groups is 1. The van der Waals surface area contributed by atoms with Crippen LogP contribution in [0.4, 0.5) is 11.4 Å². The van der Waals surface area contributed by atoms with Crippen LogP contribution in [0.25, 0.3) is 0 Å². The maximum Gasteiger partial charge on any atom is 0.273 e. The van der Waals surface area contributed by atoms with Crippen LogP contribution in [0, 0.1) is 17.0 Å². The average molecular weight is 383 g/mol. The number of hydrogen-bond acceptors (Lipinski definition) is 5. The number of ether oxygens (including phenoxy) is 1. The van der Waals surface area contributed by atoms with Crippen LogP contribution in [-0.2, 0) is 4.79 Å². The first-order chi connectivity index (χ1) is 13.4. The molecule has 2 aromatic rings. The lowest BCUT2D eigenvalue weighted by Gasteiger charge is -2.18. The van der Waals surface area contributed by atoms with Crippen LogP contribution in [0.1, 0.15) is 29.3 Å². The molecule has 1 aliphatic rings. The number of hydrogen-bond donors (Lipinski definition) is 1. The fourth-order valence-corrected chi connectivity index (χ4v) is 3.27. The lowest BCUT2D eigenvalue weighted by atomic mass is 10.1. The van der Waals surface area contributed by atoms with Crippen molar-refractivity contribution < 1.29 is 19.2 Å². The van der Waals surface area contributed by atoms with Crippen molar-refractivity contribution in [2.75, 3.05) is 18.1 Å².